The molecule has 18 heavy (non-hydrogen) atoms. The quantitative estimate of drug-likeness (QED) is 0.550. The molecule has 0 aromatic carbocycles. The van der Waals surface area contributed by atoms with Gasteiger partial charge in [-0.15, -0.1) is 0 Å². The lowest BCUT2D eigenvalue weighted by Crippen LogP contribution is -1.87. The summed E-state index contributed by atoms with van der Waals surface area (Å²) in [6, 6.07) is 0. The van der Waals surface area contributed by atoms with Crippen molar-refractivity contribution in [1.82, 2.24) is 0 Å². The van der Waals surface area contributed by atoms with Gasteiger partial charge in [0.1, 0.15) is 0 Å². The van der Waals surface area contributed by atoms with E-state index in [0.717, 1.165) is 0 Å². The highest BCUT2D eigenvalue weighted by Gasteiger charge is 2.03. The van der Waals surface area contributed by atoms with Crippen LogP contribution in [0.4, 0.5) is 0 Å². The molecule has 0 aliphatic heterocycles. The van der Waals surface area contributed by atoms with Gasteiger partial charge in [0.15, 0.2) is 0 Å². The fourth-order valence-corrected chi connectivity index (χ4v) is 1.75. The molecule has 0 N–H and O–H groups in total. The van der Waals surface area contributed by atoms with Gasteiger partial charge in [-0.1, -0.05) is 81.5 Å². The predicted octanol–water partition coefficient (Wildman–Crippen LogP) is 5.78. The zero-order valence-electron chi connectivity index (χ0n) is 12.4. The SMILES string of the molecule is C=C/C(=C\C=C/C)C1=CC(C)C=C(C)C=C1.CC. The fraction of sp³-hybridized carbons (Fsp3) is 0.333. The summed E-state index contributed by atoms with van der Waals surface area (Å²) in [5.41, 5.74) is 3.73. The Morgan fingerprint density at radius 1 is 1.22 bits per heavy atom. The van der Waals surface area contributed by atoms with Crippen LogP contribution in [0.1, 0.15) is 34.6 Å². The number of rotatable bonds is 3. The molecule has 0 saturated carbocycles. The summed E-state index contributed by atoms with van der Waals surface area (Å²) in [5, 5.41) is 0. The van der Waals surface area contributed by atoms with E-state index in [-0.39, 0.29) is 0 Å². The van der Waals surface area contributed by atoms with Crippen molar-refractivity contribution in [2.24, 2.45) is 5.92 Å². The lowest BCUT2D eigenvalue weighted by molar-refractivity contribution is 0.927. The third-order valence-corrected chi connectivity index (χ3v) is 2.52. The molecule has 0 spiro atoms. The van der Waals surface area contributed by atoms with Crippen LogP contribution in [-0.4, -0.2) is 0 Å². The van der Waals surface area contributed by atoms with E-state index in [4.69, 9.17) is 0 Å². The maximum absolute atomic E-state index is 3.87. The molecule has 0 aromatic heterocycles. The van der Waals surface area contributed by atoms with Crippen LogP contribution in [-0.2, 0) is 0 Å². The molecule has 0 heterocycles. The fourth-order valence-electron chi connectivity index (χ4n) is 1.75. The van der Waals surface area contributed by atoms with E-state index in [9.17, 15) is 0 Å². The van der Waals surface area contributed by atoms with Gasteiger partial charge < -0.3 is 0 Å². The van der Waals surface area contributed by atoms with E-state index in [1.807, 2.05) is 39.0 Å². The molecule has 0 saturated heterocycles. The average molecular weight is 242 g/mol. The Morgan fingerprint density at radius 2 is 1.89 bits per heavy atom. The molecule has 0 fully saturated rings. The average Bonchev–Trinajstić information content (AvgIpc) is 2.54. The summed E-state index contributed by atoms with van der Waals surface area (Å²) in [5.74, 6) is 0.471. The van der Waals surface area contributed by atoms with Crippen LogP contribution in [0.2, 0.25) is 0 Å². The van der Waals surface area contributed by atoms with Crippen LogP contribution in [0.15, 0.2) is 71.9 Å². The Morgan fingerprint density at radius 3 is 2.44 bits per heavy atom. The molecule has 98 valence electrons. The first-order valence-corrected chi connectivity index (χ1v) is 6.71. The standard InChI is InChI=1S/C16H20.C2H6/c1-5-7-8-15(6-2)16-10-9-13(3)11-14(4)12-16;1-2/h5-12,14H,2H2,1,3-4H3;1-2H3/b7-5-,15-8+;. The van der Waals surface area contributed by atoms with Crippen LogP contribution in [0, 0.1) is 5.92 Å². The minimum atomic E-state index is 0.471. The van der Waals surface area contributed by atoms with Crippen LogP contribution in [0.5, 0.6) is 0 Å². The molecule has 0 bridgehead atoms. The Labute approximate surface area is 113 Å². The zero-order valence-corrected chi connectivity index (χ0v) is 12.4. The molecule has 0 amide bonds. The van der Waals surface area contributed by atoms with Gasteiger partial charge in [-0.05, 0) is 30.9 Å². The van der Waals surface area contributed by atoms with Crippen molar-refractivity contribution in [3.05, 3.63) is 71.9 Å². The molecule has 1 aliphatic carbocycles. The molecular formula is C18H26. The van der Waals surface area contributed by atoms with Crippen molar-refractivity contribution >= 4 is 0 Å². The van der Waals surface area contributed by atoms with Crippen LogP contribution < -0.4 is 0 Å². The highest BCUT2D eigenvalue weighted by Crippen LogP contribution is 2.21. The van der Waals surface area contributed by atoms with Crippen LogP contribution >= 0.6 is 0 Å². The van der Waals surface area contributed by atoms with Gasteiger partial charge in [0.25, 0.3) is 0 Å². The second kappa shape index (κ2) is 9.47. The van der Waals surface area contributed by atoms with Crippen molar-refractivity contribution in [3.8, 4) is 0 Å². The van der Waals surface area contributed by atoms with E-state index in [2.05, 4.69) is 50.8 Å². The van der Waals surface area contributed by atoms with Crippen molar-refractivity contribution in [1.29, 1.82) is 0 Å². The normalized spacial score (nSPS) is 19.6. The summed E-state index contributed by atoms with van der Waals surface area (Å²) < 4.78 is 0. The molecule has 1 rings (SSSR count). The molecule has 0 radical (unpaired) electrons. The summed E-state index contributed by atoms with van der Waals surface area (Å²) >= 11 is 0. The minimum Gasteiger partial charge on any atom is -0.0984 e. The van der Waals surface area contributed by atoms with Gasteiger partial charge >= 0.3 is 0 Å². The van der Waals surface area contributed by atoms with Gasteiger partial charge in [0.2, 0.25) is 0 Å². The van der Waals surface area contributed by atoms with Gasteiger partial charge in [-0.3, -0.25) is 0 Å². The first-order chi connectivity index (χ1) is 8.67. The Balaban J connectivity index is 0.00000137. The Kier molecular flexibility index (Phi) is 8.65. The van der Waals surface area contributed by atoms with E-state index in [1.54, 1.807) is 0 Å². The summed E-state index contributed by atoms with van der Waals surface area (Å²) in [4.78, 5) is 0. The second-order valence-electron chi connectivity index (χ2n) is 4.08. The second-order valence-corrected chi connectivity index (χ2v) is 4.08. The van der Waals surface area contributed by atoms with Crippen molar-refractivity contribution in [2.75, 3.05) is 0 Å². The number of hydrogen-bond acceptors (Lipinski definition) is 0. The van der Waals surface area contributed by atoms with Gasteiger partial charge in [-0.2, -0.15) is 0 Å². The monoisotopic (exact) mass is 242 g/mol. The number of hydrogen-bond donors (Lipinski definition) is 0. The largest absolute Gasteiger partial charge is 0.0984 e. The minimum absolute atomic E-state index is 0.471. The van der Waals surface area contributed by atoms with Gasteiger partial charge in [-0.25, -0.2) is 0 Å². The van der Waals surface area contributed by atoms with E-state index in [1.165, 1.54) is 16.7 Å². The lowest BCUT2D eigenvalue weighted by atomic mass is 10.0. The first kappa shape index (κ1) is 16.4. The van der Waals surface area contributed by atoms with Crippen molar-refractivity contribution in [2.45, 2.75) is 34.6 Å². The molecule has 1 unspecified atom stereocenters. The molecule has 0 heteroatoms. The predicted molar refractivity (Wildman–Crippen MR) is 84.6 cm³/mol. The molecule has 0 nitrogen and oxygen atoms in total. The van der Waals surface area contributed by atoms with Crippen molar-refractivity contribution in [3.63, 3.8) is 0 Å². The Bertz CT molecular complexity index is 398. The first-order valence-electron chi connectivity index (χ1n) is 6.71. The van der Waals surface area contributed by atoms with Gasteiger partial charge in [0, 0.05) is 0 Å². The van der Waals surface area contributed by atoms with Crippen molar-refractivity contribution < 1.29 is 0 Å². The van der Waals surface area contributed by atoms with E-state index >= 15 is 0 Å². The topological polar surface area (TPSA) is 0 Å². The Hall–Kier alpha value is -1.56. The maximum Gasteiger partial charge on any atom is -0.00670 e. The highest BCUT2D eigenvalue weighted by atomic mass is 14.1. The third kappa shape index (κ3) is 5.67. The summed E-state index contributed by atoms with van der Waals surface area (Å²) in [6.45, 7) is 14.2. The summed E-state index contributed by atoms with van der Waals surface area (Å²) in [7, 11) is 0. The van der Waals surface area contributed by atoms with Crippen LogP contribution in [0.3, 0.4) is 0 Å². The highest BCUT2D eigenvalue weighted by molar-refractivity contribution is 5.50. The number of allylic oxidation sites excluding steroid dienone is 11. The molecule has 1 atom stereocenters. The molecular weight excluding hydrogens is 216 g/mol. The third-order valence-electron chi connectivity index (χ3n) is 2.52. The maximum atomic E-state index is 3.87. The molecule has 1 aliphatic rings. The summed E-state index contributed by atoms with van der Waals surface area (Å²) in [6.07, 6.45) is 16.9. The van der Waals surface area contributed by atoms with Crippen LogP contribution in [0.25, 0.3) is 0 Å². The lowest BCUT2D eigenvalue weighted by Gasteiger charge is -2.04. The molecule has 0 aromatic rings. The smallest absolute Gasteiger partial charge is 0.00670 e. The van der Waals surface area contributed by atoms with E-state index in [0.29, 0.717) is 5.92 Å². The van der Waals surface area contributed by atoms with E-state index < -0.39 is 0 Å². The van der Waals surface area contributed by atoms with Gasteiger partial charge in [0.05, 0.1) is 0 Å². The zero-order chi connectivity index (χ0) is 14.0.